The topological polar surface area (TPSA) is 39.2 Å². The van der Waals surface area contributed by atoms with Gasteiger partial charge in [0.05, 0.1) is 11.5 Å². The Labute approximate surface area is 115 Å². The molecule has 2 atom stereocenters. The Morgan fingerprint density at radius 2 is 2.11 bits per heavy atom. The van der Waals surface area contributed by atoms with Crippen LogP contribution in [0.1, 0.15) is 24.4 Å². The van der Waals surface area contributed by atoms with Gasteiger partial charge in [-0.1, -0.05) is 6.92 Å². The summed E-state index contributed by atoms with van der Waals surface area (Å²) in [5, 5.41) is -0.240. The minimum atomic E-state index is -0.466. The summed E-state index contributed by atoms with van der Waals surface area (Å²) in [4.78, 5) is 0.241. The van der Waals surface area contributed by atoms with Gasteiger partial charge in [0.15, 0.2) is 0 Å². The van der Waals surface area contributed by atoms with Crippen molar-refractivity contribution in [2.45, 2.75) is 29.5 Å². The average molecular weight is 283 g/mol. The van der Waals surface area contributed by atoms with Gasteiger partial charge in [-0.3, -0.25) is 0 Å². The summed E-state index contributed by atoms with van der Waals surface area (Å²) in [6.07, 6.45) is 2.27. The molecule has 1 aromatic heterocycles. The molecule has 0 saturated carbocycles. The van der Waals surface area contributed by atoms with Crippen molar-refractivity contribution in [3.05, 3.63) is 54.0 Å². The summed E-state index contributed by atoms with van der Waals surface area (Å²) in [6, 6.07) is 6.75. The molecule has 0 radical (unpaired) electrons. The first kappa shape index (κ1) is 14.1. The van der Waals surface area contributed by atoms with E-state index in [1.54, 1.807) is 18.4 Å². The molecule has 102 valence electrons. The number of benzene rings is 1. The smallest absolute Gasteiger partial charge is 0.136 e. The molecular weight excluding hydrogens is 268 g/mol. The maximum absolute atomic E-state index is 13.7. The van der Waals surface area contributed by atoms with E-state index >= 15 is 0 Å². The normalized spacial score (nSPS) is 14.3. The Morgan fingerprint density at radius 1 is 1.32 bits per heavy atom. The predicted molar refractivity (Wildman–Crippen MR) is 71.9 cm³/mol. The molecule has 19 heavy (non-hydrogen) atoms. The van der Waals surface area contributed by atoms with Crippen LogP contribution in [0.15, 0.2) is 45.9 Å². The van der Waals surface area contributed by atoms with Crippen LogP contribution in [0.3, 0.4) is 0 Å². The SMILES string of the molecule is CCC(N)C(Sc1cc(F)ccc1F)c1ccco1. The lowest BCUT2D eigenvalue weighted by Crippen LogP contribution is -2.25. The van der Waals surface area contributed by atoms with Crippen LogP contribution in [0.25, 0.3) is 0 Å². The lowest BCUT2D eigenvalue weighted by atomic mass is 10.1. The van der Waals surface area contributed by atoms with Gasteiger partial charge >= 0.3 is 0 Å². The quantitative estimate of drug-likeness (QED) is 0.839. The lowest BCUT2D eigenvalue weighted by Gasteiger charge is -2.20. The highest BCUT2D eigenvalue weighted by Crippen LogP contribution is 2.39. The fraction of sp³-hybridized carbons (Fsp3) is 0.286. The second-order valence-electron chi connectivity index (χ2n) is 4.20. The first-order valence-electron chi connectivity index (χ1n) is 6.02. The molecule has 1 heterocycles. The van der Waals surface area contributed by atoms with Gasteiger partial charge in [-0.25, -0.2) is 8.78 Å². The fourth-order valence-electron chi connectivity index (χ4n) is 1.73. The van der Waals surface area contributed by atoms with E-state index in [9.17, 15) is 8.78 Å². The van der Waals surface area contributed by atoms with Crippen LogP contribution >= 0.6 is 11.8 Å². The standard InChI is InChI=1S/C14H15F2NOS/c1-2-11(17)14(12-4-3-7-18-12)19-13-8-9(15)5-6-10(13)16/h3-8,11,14H,2,17H2,1H3. The van der Waals surface area contributed by atoms with E-state index in [2.05, 4.69) is 0 Å². The van der Waals surface area contributed by atoms with Crippen LogP contribution in [0.5, 0.6) is 0 Å². The number of furan rings is 1. The molecule has 0 amide bonds. The van der Waals surface area contributed by atoms with Crippen LogP contribution in [0.2, 0.25) is 0 Å². The van der Waals surface area contributed by atoms with E-state index in [0.717, 1.165) is 18.6 Å². The zero-order valence-corrected chi connectivity index (χ0v) is 11.3. The van der Waals surface area contributed by atoms with Gasteiger partial charge in [-0.05, 0) is 36.8 Å². The van der Waals surface area contributed by atoms with Crippen molar-refractivity contribution >= 4 is 11.8 Å². The third kappa shape index (κ3) is 3.36. The highest BCUT2D eigenvalue weighted by atomic mass is 32.2. The Balaban J connectivity index is 2.28. The zero-order chi connectivity index (χ0) is 13.8. The van der Waals surface area contributed by atoms with Crippen molar-refractivity contribution in [3.8, 4) is 0 Å². The van der Waals surface area contributed by atoms with Crippen molar-refractivity contribution in [1.82, 2.24) is 0 Å². The van der Waals surface area contributed by atoms with Crippen LogP contribution < -0.4 is 5.73 Å². The van der Waals surface area contributed by atoms with E-state index in [4.69, 9.17) is 10.2 Å². The third-order valence-electron chi connectivity index (χ3n) is 2.83. The number of halogens is 2. The van der Waals surface area contributed by atoms with Crippen molar-refractivity contribution in [2.24, 2.45) is 5.73 Å². The molecule has 1 aromatic carbocycles. The zero-order valence-electron chi connectivity index (χ0n) is 10.5. The number of rotatable bonds is 5. The molecular formula is C14H15F2NOS. The highest BCUT2D eigenvalue weighted by Gasteiger charge is 2.24. The summed E-state index contributed by atoms with van der Waals surface area (Å²) in [5.41, 5.74) is 6.05. The first-order valence-corrected chi connectivity index (χ1v) is 6.90. The lowest BCUT2D eigenvalue weighted by molar-refractivity contribution is 0.473. The maximum atomic E-state index is 13.7. The van der Waals surface area contributed by atoms with Crippen LogP contribution in [0, 0.1) is 11.6 Å². The summed E-state index contributed by atoms with van der Waals surface area (Å²) in [5.74, 6) is -0.249. The minimum Gasteiger partial charge on any atom is -0.468 e. The van der Waals surface area contributed by atoms with Crippen LogP contribution in [-0.4, -0.2) is 6.04 Å². The predicted octanol–water partition coefficient (Wildman–Crippen LogP) is 4.13. The van der Waals surface area contributed by atoms with Gasteiger partial charge in [-0.2, -0.15) is 0 Å². The molecule has 5 heteroatoms. The van der Waals surface area contributed by atoms with Gasteiger partial charge in [0.1, 0.15) is 17.4 Å². The summed E-state index contributed by atoms with van der Waals surface area (Å²) in [7, 11) is 0. The third-order valence-corrected chi connectivity index (χ3v) is 4.23. The number of nitrogens with two attached hydrogens (primary N) is 1. The van der Waals surface area contributed by atoms with E-state index < -0.39 is 11.6 Å². The molecule has 2 unspecified atom stereocenters. The van der Waals surface area contributed by atoms with E-state index in [0.29, 0.717) is 5.76 Å². The molecule has 2 rings (SSSR count). The number of hydrogen-bond donors (Lipinski definition) is 1. The molecule has 0 saturated heterocycles. The molecule has 0 fully saturated rings. The Hall–Kier alpha value is -1.33. The van der Waals surface area contributed by atoms with Gasteiger partial charge < -0.3 is 10.2 Å². The number of hydrogen-bond acceptors (Lipinski definition) is 3. The fourth-order valence-corrected chi connectivity index (χ4v) is 2.98. The van der Waals surface area contributed by atoms with Crippen molar-refractivity contribution in [3.63, 3.8) is 0 Å². The summed E-state index contributed by atoms with van der Waals surface area (Å²) in [6.45, 7) is 1.95. The summed E-state index contributed by atoms with van der Waals surface area (Å²) >= 11 is 1.19. The Bertz CT molecular complexity index is 530. The largest absolute Gasteiger partial charge is 0.468 e. The Morgan fingerprint density at radius 3 is 2.74 bits per heavy atom. The second-order valence-corrected chi connectivity index (χ2v) is 5.38. The minimum absolute atomic E-state index is 0.196. The highest BCUT2D eigenvalue weighted by molar-refractivity contribution is 7.99. The van der Waals surface area contributed by atoms with Gasteiger partial charge in [-0.15, -0.1) is 11.8 Å². The maximum Gasteiger partial charge on any atom is 0.136 e. The van der Waals surface area contributed by atoms with Gasteiger partial charge in [0.25, 0.3) is 0 Å². The molecule has 0 aliphatic heterocycles. The molecule has 2 N–H and O–H groups in total. The second kappa shape index (κ2) is 6.21. The molecule has 2 nitrogen and oxygen atoms in total. The molecule has 0 spiro atoms. The van der Waals surface area contributed by atoms with E-state index in [-0.39, 0.29) is 16.2 Å². The molecule has 0 aliphatic rings. The summed E-state index contributed by atoms with van der Waals surface area (Å²) < 4.78 is 32.2. The van der Waals surface area contributed by atoms with E-state index in [1.807, 2.05) is 6.92 Å². The molecule has 0 aliphatic carbocycles. The van der Waals surface area contributed by atoms with Crippen molar-refractivity contribution in [2.75, 3.05) is 0 Å². The first-order chi connectivity index (χ1) is 9.11. The van der Waals surface area contributed by atoms with Crippen molar-refractivity contribution in [1.29, 1.82) is 0 Å². The molecule has 0 bridgehead atoms. The van der Waals surface area contributed by atoms with Gasteiger partial charge in [0.2, 0.25) is 0 Å². The van der Waals surface area contributed by atoms with Crippen LogP contribution in [0.4, 0.5) is 8.78 Å². The molecule has 2 aromatic rings. The van der Waals surface area contributed by atoms with Gasteiger partial charge in [0, 0.05) is 10.9 Å². The van der Waals surface area contributed by atoms with E-state index in [1.165, 1.54) is 17.8 Å². The van der Waals surface area contributed by atoms with Crippen LogP contribution in [-0.2, 0) is 0 Å². The van der Waals surface area contributed by atoms with Crippen molar-refractivity contribution < 1.29 is 13.2 Å². The number of thioether (sulfide) groups is 1. The Kier molecular flexibility index (Phi) is 4.61. The average Bonchev–Trinajstić information content (AvgIpc) is 2.92. The monoisotopic (exact) mass is 283 g/mol.